The molecule has 7 nitrogen and oxygen atoms in total. The summed E-state index contributed by atoms with van der Waals surface area (Å²) in [6.07, 6.45) is 3.75. The predicted molar refractivity (Wildman–Crippen MR) is 109 cm³/mol. The Kier molecular flexibility index (Phi) is 4.71. The first kappa shape index (κ1) is 19.3. The van der Waals surface area contributed by atoms with Crippen LogP contribution in [-0.2, 0) is 10.0 Å². The Morgan fingerprint density at radius 3 is 2.55 bits per heavy atom. The van der Waals surface area contributed by atoms with Crippen LogP contribution in [0.4, 0.5) is 10.2 Å². The number of nitrogens with one attached hydrogen (secondary N) is 1. The summed E-state index contributed by atoms with van der Waals surface area (Å²) in [5.41, 5.74) is 1.47. The van der Waals surface area contributed by atoms with Gasteiger partial charge in [-0.3, -0.25) is 0 Å². The van der Waals surface area contributed by atoms with E-state index < -0.39 is 15.8 Å². The third-order valence-electron chi connectivity index (χ3n) is 4.38. The average Bonchev–Trinajstić information content (AvgIpc) is 3.08. The fourth-order valence-corrected chi connectivity index (χ4v) is 4.39. The first-order valence-electron chi connectivity index (χ1n) is 8.51. The molecule has 0 saturated heterocycles. The maximum absolute atomic E-state index is 13.8. The zero-order chi connectivity index (χ0) is 20.8. The summed E-state index contributed by atoms with van der Waals surface area (Å²) in [6.45, 7) is 1.87. The number of hydrogen-bond donors (Lipinski definition) is 1. The molecule has 4 aromatic rings. The SMILES string of the molecule is CNc1nc(-c2cn(S(=O)(=O)c3ccc(C)cc3)c3ncc(Cl)cc23)ncc1F. The molecule has 0 unspecified atom stereocenters. The van der Waals surface area contributed by atoms with Gasteiger partial charge in [0.15, 0.2) is 23.1 Å². The molecule has 0 atom stereocenters. The lowest BCUT2D eigenvalue weighted by Gasteiger charge is -2.07. The molecule has 10 heteroatoms. The third-order valence-corrected chi connectivity index (χ3v) is 6.25. The molecule has 0 radical (unpaired) electrons. The van der Waals surface area contributed by atoms with Crippen LogP contribution in [0.5, 0.6) is 0 Å². The number of anilines is 1. The molecule has 0 amide bonds. The predicted octanol–water partition coefficient (Wildman–Crippen LogP) is 3.87. The van der Waals surface area contributed by atoms with Crippen molar-refractivity contribution in [1.82, 2.24) is 18.9 Å². The lowest BCUT2D eigenvalue weighted by atomic mass is 10.2. The van der Waals surface area contributed by atoms with Crippen LogP contribution >= 0.6 is 11.6 Å². The third kappa shape index (κ3) is 3.32. The smallest absolute Gasteiger partial charge is 0.269 e. The van der Waals surface area contributed by atoms with E-state index in [4.69, 9.17) is 11.6 Å². The highest BCUT2D eigenvalue weighted by atomic mass is 35.5. The molecule has 0 spiro atoms. The van der Waals surface area contributed by atoms with Crippen LogP contribution in [0.1, 0.15) is 5.56 Å². The lowest BCUT2D eigenvalue weighted by Crippen LogP contribution is -2.12. The Balaban J connectivity index is 1.99. The number of hydrogen-bond acceptors (Lipinski definition) is 6. The second-order valence-corrected chi connectivity index (χ2v) is 8.57. The molecule has 29 heavy (non-hydrogen) atoms. The van der Waals surface area contributed by atoms with Gasteiger partial charge < -0.3 is 5.32 Å². The number of aromatic nitrogens is 4. The molecule has 0 bridgehead atoms. The highest BCUT2D eigenvalue weighted by molar-refractivity contribution is 7.90. The van der Waals surface area contributed by atoms with E-state index in [1.807, 2.05) is 6.92 Å². The largest absolute Gasteiger partial charge is 0.371 e. The molecular formula is C19H15ClFN5O2S. The Labute approximate surface area is 171 Å². The van der Waals surface area contributed by atoms with E-state index in [0.29, 0.717) is 16.0 Å². The van der Waals surface area contributed by atoms with Crippen molar-refractivity contribution in [3.05, 3.63) is 65.3 Å². The van der Waals surface area contributed by atoms with Gasteiger partial charge in [-0.25, -0.2) is 31.7 Å². The van der Waals surface area contributed by atoms with Gasteiger partial charge >= 0.3 is 0 Å². The summed E-state index contributed by atoms with van der Waals surface area (Å²) in [7, 11) is -2.41. The van der Waals surface area contributed by atoms with Gasteiger partial charge in [-0.15, -0.1) is 0 Å². The molecule has 0 saturated carbocycles. The molecule has 0 fully saturated rings. The highest BCUT2D eigenvalue weighted by Crippen LogP contribution is 2.32. The van der Waals surface area contributed by atoms with Crippen molar-refractivity contribution in [2.75, 3.05) is 12.4 Å². The number of pyridine rings is 1. The molecular weight excluding hydrogens is 417 g/mol. The molecule has 1 N–H and O–H groups in total. The fourth-order valence-electron chi connectivity index (χ4n) is 2.91. The van der Waals surface area contributed by atoms with Crippen molar-refractivity contribution in [3.8, 4) is 11.4 Å². The minimum absolute atomic E-state index is 0.00715. The Morgan fingerprint density at radius 1 is 1.14 bits per heavy atom. The van der Waals surface area contributed by atoms with Crippen LogP contribution in [0.2, 0.25) is 5.02 Å². The van der Waals surface area contributed by atoms with Gasteiger partial charge in [-0.1, -0.05) is 29.3 Å². The minimum atomic E-state index is -3.94. The molecule has 4 rings (SSSR count). The number of benzene rings is 1. The van der Waals surface area contributed by atoms with Gasteiger partial charge in [0.1, 0.15) is 0 Å². The van der Waals surface area contributed by atoms with Crippen LogP contribution in [0.15, 0.2) is 53.8 Å². The summed E-state index contributed by atoms with van der Waals surface area (Å²) in [5, 5.41) is 3.39. The van der Waals surface area contributed by atoms with Crippen molar-refractivity contribution in [2.45, 2.75) is 11.8 Å². The van der Waals surface area contributed by atoms with E-state index >= 15 is 0 Å². The molecule has 0 aliphatic carbocycles. The summed E-state index contributed by atoms with van der Waals surface area (Å²) in [4.78, 5) is 12.5. The molecule has 3 heterocycles. The second kappa shape index (κ2) is 7.09. The number of fused-ring (bicyclic) bond motifs is 1. The Bertz CT molecular complexity index is 1340. The van der Waals surface area contributed by atoms with Gasteiger partial charge in [0, 0.05) is 30.4 Å². The van der Waals surface area contributed by atoms with E-state index in [9.17, 15) is 12.8 Å². The summed E-state index contributed by atoms with van der Waals surface area (Å²) in [5.74, 6) is -0.488. The van der Waals surface area contributed by atoms with Gasteiger partial charge in [0.25, 0.3) is 10.0 Å². The zero-order valence-electron chi connectivity index (χ0n) is 15.4. The standard InChI is InChI=1S/C19H15ClFN5O2S/c1-11-3-5-13(6-4-11)29(27,28)26-10-15(14-7-12(20)8-24-19(14)26)17-23-9-16(21)18(22-2)25-17/h3-10H,1-2H3,(H,22,23,25). The van der Waals surface area contributed by atoms with E-state index in [1.54, 1.807) is 18.2 Å². The monoisotopic (exact) mass is 431 g/mol. The van der Waals surface area contributed by atoms with E-state index in [1.165, 1.54) is 31.6 Å². The Hall–Kier alpha value is -3.04. The normalized spacial score (nSPS) is 11.7. The number of nitrogens with zero attached hydrogens (tertiary/aromatic N) is 4. The zero-order valence-corrected chi connectivity index (χ0v) is 17.0. The average molecular weight is 432 g/mol. The van der Waals surface area contributed by atoms with Crippen molar-refractivity contribution in [3.63, 3.8) is 0 Å². The number of aryl methyl sites for hydroxylation is 1. The van der Waals surface area contributed by atoms with E-state index in [0.717, 1.165) is 15.7 Å². The van der Waals surface area contributed by atoms with Crippen molar-refractivity contribution in [2.24, 2.45) is 0 Å². The van der Waals surface area contributed by atoms with Crippen molar-refractivity contribution in [1.29, 1.82) is 0 Å². The molecule has 3 aromatic heterocycles. The number of rotatable bonds is 4. The summed E-state index contributed by atoms with van der Waals surface area (Å²) >= 11 is 6.09. The van der Waals surface area contributed by atoms with Crippen molar-refractivity contribution >= 4 is 38.5 Å². The van der Waals surface area contributed by atoms with Gasteiger partial charge in [0.05, 0.1) is 16.1 Å². The van der Waals surface area contributed by atoms with Gasteiger partial charge in [-0.2, -0.15) is 0 Å². The van der Waals surface area contributed by atoms with Crippen LogP contribution in [0.25, 0.3) is 22.4 Å². The van der Waals surface area contributed by atoms with Crippen LogP contribution < -0.4 is 5.32 Å². The van der Waals surface area contributed by atoms with Crippen LogP contribution in [0.3, 0.4) is 0 Å². The second-order valence-electron chi connectivity index (χ2n) is 6.32. The van der Waals surface area contributed by atoms with E-state index in [-0.39, 0.29) is 22.2 Å². The highest BCUT2D eigenvalue weighted by Gasteiger charge is 2.24. The van der Waals surface area contributed by atoms with Crippen LogP contribution in [-0.4, -0.2) is 34.4 Å². The molecule has 1 aromatic carbocycles. The molecule has 0 aliphatic rings. The minimum Gasteiger partial charge on any atom is -0.371 e. The summed E-state index contributed by atoms with van der Waals surface area (Å²) in [6, 6.07) is 8.06. The van der Waals surface area contributed by atoms with Gasteiger partial charge in [0.2, 0.25) is 0 Å². The Morgan fingerprint density at radius 2 is 1.86 bits per heavy atom. The first-order chi connectivity index (χ1) is 13.8. The maximum atomic E-state index is 13.8. The number of halogens is 2. The molecule has 0 aliphatic heterocycles. The van der Waals surface area contributed by atoms with Crippen LogP contribution in [0, 0.1) is 12.7 Å². The van der Waals surface area contributed by atoms with Crippen molar-refractivity contribution < 1.29 is 12.8 Å². The summed E-state index contributed by atoms with van der Waals surface area (Å²) < 4.78 is 41.3. The fraction of sp³-hybridized carbons (Fsp3) is 0.105. The quantitative estimate of drug-likeness (QED) is 0.527. The van der Waals surface area contributed by atoms with Gasteiger partial charge in [-0.05, 0) is 25.1 Å². The maximum Gasteiger partial charge on any atom is 0.269 e. The molecule has 148 valence electrons. The topological polar surface area (TPSA) is 89.8 Å². The lowest BCUT2D eigenvalue weighted by molar-refractivity contribution is 0.588. The van der Waals surface area contributed by atoms with E-state index in [2.05, 4.69) is 20.3 Å². The first-order valence-corrected chi connectivity index (χ1v) is 10.3.